The molecule has 0 bridgehead atoms. The molecular weight excluding hydrogens is 488 g/mol. The molecule has 2 aromatic heterocycles. The molecule has 2 aliphatic heterocycles. The molecule has 1 amide bonds. The lowest BCUT2D eigenvalue weighted by atomic mass is 9.76. The number of carbonyl (C=O) groups is 1. The topological polar surface area (TPSA) is 70.2 Å². The fourth-order valence-electron chi connectivity index (χ4n) is 6.49. The van der Waals surface area contributed by atoms with E-state index in [1.807, 2.05) is 0 Å². The van der Waals surface area contributed by atoms with E-state index in [-0.39, 0.29) is 28.8 Å². The first-order chi connectivity index (χ1) is 17.7. The summed E-state index contributed by atoms with van der Waals surface area (Å²) in [4.78, 5) is 22.5. The first-order valence-electron chi connectivity index (χ1n) is 12.7. The van der Waals surface area contributed by atoms with E-state index in [0.717, 1.165) is 61.9 Å². The molecule has 3 aromatic rings. The molecule has 0 saturated carbocycles. The van der Waals surface area contributed by atoms with Crippen LogP contribution in [0.3, 0.4) is 0 Å². The molecule has 37 heavy (non-hydrogen) atoms. The second-order valence-electron chi connectivity index (χ2n) is 10.6. The van der Waals surface area contributed by atoms with Gasteiger partial charge < -0.3 is 19.9 Å². The molecule has 2 saturated heterocycles. The van der Waals surface area contributed by atoms with Crippen molar-refractivity contribution in [2.24, 2.45) is 5.41 Å². The highest BCUT2D eigenvalue weighted by Crippen LogP contribution is 2.47. The number of ether oxygens (including phenoxy) is 1. The van der Waals surface area contributed by atoms with Crippen molar-refractivity contribution in [3.63, 3.8) is 0 Å². The highest BCUT2D eigenvalue weighted by atomic mass is 19.4. The molecule has 1 spiro atoms. The number of piperidine rings is 2. The third-order valence-corrected chi connectivity index (χ3v) is 8.30. The zero-order valence-corrected chi connectivity index (χ0v) is 20.3. The van der Waals surface area contributed by atoms with E-state index in [0.29, 0.717) is 37.1 Å². The summed E-state index contributed by atoms with van der Waals surface area (Å²) in [6, 6.07) is 4.94. The second kappa shape index (κ2) is 9.01. The van der Waals surface area contributed by atoms with Gasteiger partial charge in [0.15, 0.2) is 0 Å². The SMILES string of the molecule is O=C(c1ccc(OC(F)(F)F)cc1)N1CCC(c2c(F)cnc3[nH]c4c(c23)CC2(CCNCC2)C4)CC1. The number of aromatic nitrogens is 2. The number of pyridine rings is 1. The summed E-state index contributed by atoms with van der Waals surface area (Å²) in [5.74, 6) is -0.967. The molecule has 1 aliphatic carbocycles. The Morgan fingerprint density at radius 3 is 2.46 bits per heavy atom. The summed E-state index contributed by atoms with van der Waals surface area (Å²) in [5, 5.41) is 4.36. The number of likely N-dealkylation sites (tertiary alicyclic amines) is 1. The van der Waals surface area contributed by atoms with E-state index in [2.05, 4.69) is 20.0 Å². The van der Waals surface area contributed by atoms with Gasteiger partial charge in [-0.2, -0.15) is 0 Å². The minimum absolute atomic E-state index is 0.0402. The zero-order valence-electron chi connectivity index (χ0n) is 20.3. The van der Waals surface area contributed by atoms with Crippen molar-refractivity contribution >= 4 is 16.9 Å². The maximum absolute atomic E-state index is 15.3. The number of nitrogens with one attached hydrogen (secondary N) is 2. The van der Waals surface area contributed by atoms with Gasteiger partial charge in [-0.1, -0.05) is 0 Å². The Kier molecular flexibility index (Phi) is 5.89. The fraction of sp³-hybridized carbons (Fsp3) is 0.481. The first-order valence-corrected chi connectivity index (χ1v) is 12.7. The average Bonchev–Trinajstić information content (AvgIpc) is 3.37. The summed E-state index contributed by atoms with van der Waals surface area (Å²) in [7, 11) is 0. The van der Waals surface area contributed by atoms with E-state index in [4.69, 9.17) is 0 Å². The van der Waals surface area contributed by atoms with E-state index < -0.39 is 6.36 Å². The van der Waals surface area contributed by atoms with Crippen molar-refractivity contribution in [1.82, 2.24) is 20.2 Å². The fourth-order valence-corrected chi connectivity index (χ4v) is 6.49. The molecular formula is C27H28F4N4O2. The van der Waals surface area contributed by atoms with Crippen LogP contribution < -0.4 is 10.1 Å². The molecule has 0 atom stereocenters. The molecule has 10 heteroatoms. The molecule has 2 N–H and O–H groups in total. The molecule has 0 unspecified atom stereocenters. The predicted octanol–water partition coefficient (Wildman–Crippen LogP) is 5.09. The van der Waals surface area contributed by atoms with E-state index in [1.165, 1.54) is 29.6 Å². The standard InChI is InChI=1S/C27H28F4N4O2/c28-20-15-33-24-23(19-13-26(14-21(19)34-24)7-9-32-10-8-26)22(20)16-5-11-35(12-6-16)25(36)17-1-3-18(4-2-17)37-27(29,30)31/h1-4,15-16,32H,5-14H2,(H,33,34). The molecule has 4 heterocycles. The lowest BCUT2D eigenvalue weighted by Crippen LogP contribution is -2.38. The highest BCUT2D eigenvalue weighted by Gasteiger charge is 2.41. The van der Waals surface area contributed by atoms with Gasteiger partial charge in [-0.05, 0) is 92.8 Å². The Balaban J connectivity index is 1.19. The highest BCUT2D eigenvalue weighted by molar-refractivity contribution is 5.94. The number of H-pyrrole nitrogens is 1. The van der Waals surface area contributed by atoms with Crippen LogP contribution in [-0.2, 0) is 12.8 Å². The van der Waals surface area contributed by atoms with Gasteiger partial charge in [0.1, 0.15) is 17.2 Å². The van der Waals surface area contributed by atoms with Crippen LogP contribution in [-0.4, -0.2) is 53.3 Å². The van der Waals surface area contributed by atoms with Gasteiger partial charge in [0.25, 0.3) is 5.91 Å². The van der Waals surface area contributed by atoms with Gasteiger partial charge >= 0.3 is 6.36 Å². The quantitative estimate of drug-likeness (QED) is 0.476. The number of amides is 1. The summed E-state index contributed by atoms with van der Waals surface area (Å²) in [6.45, 7) is 2.89. The third kappa shape index (κ3) is 4.56. The number of fused-ring (bicyclic) bond motifs is 3. The number of hydrogen-bond acceptors (Lipinski definition) is 4. The number of alkyl halides is 3. The summed E-state index contributed by atoms with van der Waals surface area (Å²) in [5.41, 5.74) is 4.36. The van der Waals surface area contributed by atoms with Crippen molar-refractivity contribution in [1.29, 1.82) is 0 Å². The normalized spacial score (nSPS) is 19.9. The maximum atomic E-state index is 15.3. The van der Waals surface area contributed by atoms with E-state index in [1.54, 1.807) is 4.90 Å². The molecule has 2 fully saturated rings. The lowest BCUT2D eigenvalue weighted by molar-refractivity contribution is -0.274. The molecule has 6 nitrogen and oxygen atoms in total. The molecule has 1 aromatic carbocycles. The number of halogens is 4. The van der Waals surface area contributed by atoms with Crippen LogP contribution in [0.5, 0.6) is 5.75 Å². The Hall–Kier alpha value is -3.14. The minimum atomic E-state index is -4.78. The summed E-state index contributed by atoms with van der Waals surface area (Å²) < 4.78 is 56.4. The van der Waals surface area contributed by atoms with Gasteiger partial charge in [-0.15, -0.1) is 13.2 Å². The number of benzene rings is 1. The van der Waals surface area contributed by atoms with Crippen molar-refractivity contribution in [2.75, 3.05) is 26.2 Å². The molecule has 6 rings (SSSR count). The van der Waals surface area contributed by atoms with Crippen molar-refractivity contribution < 1.29 is 27.1 Å². The van der Waals surface area contributed by atoms with Crippen molar-refractivity contribution in [2.45, 2.75) is 50.8 Å². The number of nitrogens with zero attached hydrogens (tertiary/aromatic N) is 2. The summed E-state index contributed by atoms with van der Waals surface area (Å²) >= 11 is 0. The van der Waals surface area contributed by atoms with Gasteiger partial charge in [0.2, 0.25) is 0 Å². The van der Waals surface area contributed by atoms with Crippen LogP contribution in [0, 0.1) is 11.2 Å². The minimum Gasteiger partial charge on any atom is -0.406 e. The monoisotopic (exact) mass is 516 g/mol. The van der Waals surface area contributed by atoms with Crippen LogP contribution in [0.25, 0.3) is 11.0 Å². The Morgan fingerprint density at radius 1 is 1.08 bits per heavy atom. The second-order valence-corrected chi connectivity index (χ2v) is 10.6. The zero-order chi connectivity index (χ0) is 25.8. The van der Waals surface area contributed by atoms with Crippen LogP contribution in [0.2, 0.25) is 0 Å². The number of aromatic amines is 1. The summed E-state index contributed by atoms with van der Waals surface area (Å²) in [6.07, 6.45) is 1.85. The Labute approximate surface area is 211 Å². The molecule has 3 aliphatic rings. The van der Waals surface area contributed by atoms with E-state index in [9.17, 15) is 18.0 Å². The van der Waals surface area contributed by atoms with Crippen molar-refractivity contribution in [3.05, 3.63) is 58.7 Å². The Morgan fingerprint density at radius 2 is 1.78 bits per heavy atom. The average molecular weight is 517 g/mol. The van der Waals surface area contributed by atoms with Crippen LogP contribution in [0.15, 0.2) is 30.5 Å². The van der Waals surface area contributed by atoms with E-state index >= 15 is 4.39 Å². The smallest absolute Gasteiger partial charge is 0.406 e. The molecule has 196 valence electrons. The third-order valence-electron chi connectivity index (χ3n) is 8.30. The number of rotatable bonds is 3. The van der Waals surface area contributed by atoms with Crippen molar-refractivity contribution in [3.8, 4) is 5.75 Å². The maximum Gasteiger partial charge on any atom is 0.573 e. The Bertz CT molecular complexity index is 1320. The first kappa shape index (κ1) is 24.2. The largest absolute Gasteiger partial charge is 0.573 e. The van der Waals surface area contributed by atoms with Gasteiger partial charge in [-0.25, -0.2) is 9.37 Å². The lowest BCUT2D eigenvalue weighted by Gasteiger charge is -2.34. The van der Waals surface area contributed by atoms with Crippen LogP contribution >= 0.6 is 0 Å². The van der Waals surface area contributed by atoms with Crippen LogP contribution in [0.1, 0.15) is 58.8 Å². The van der Waals surface area contributed by atoms with Gasteiger partial charge in [0.05, 0.1) is 6.20 Å². The van der Waals surface area contributed by atoms with Gasteiger partial charge in [-0.3, -0.25) is 4.79 Å². The van der Waals surface area contributed by atoms with Crippen LogP contribution in [0.4, 0.5) is 17.6 Å². The number of carbonyl (C=O) groups excluding carboxylic acids is 1. The molecule has 0 radical (unpaired) electrons. The van der Waals surface area contributed by atoms with Gasteiger partial charge in [0, 0.05) is 35.3 Å². The predicted molar refractivity (Wildman–Crippen MR) is 129 cm³/mol. The number of hydrogen-bond donors (Lipinski definition) is 2.